The maximum absolute atomic E-state index is 8.51. The van der Waals surface area contributed by atoms with Gasteiger partial charge in [0.2, 0.25) is 0 Å². The van der Waals surface area contributed by atoms with E-state index in [1.165, 1.54) is 0 Å². The van der Waals surface area contributed by atoms with Crippen molar-refractivity contribution in [1.82, 2.24) is 5.32 Å². The molecular formula is C11H19N3O2. The number of nitrogens with zero attached hydrogens (tertiary/aromatic N) is 1. The summed E-state index contributed by atoms with van der Waals surface area (Å²) in [6.45, 7) is 3.92. The average Bonchev–Trinajstić information content (AvgIpc) is 2.78. The van der Waals surface area contributed by atoms with Crippen LogP contribution in [0.4, 0.5) is 0 Å². The van der Waals surface area contributed by atoms with Gasteiger partial charge in [-0.2, -0.15) is 0 Å². The van der Waals surface area contributed by atoms with Crippen molar-refractivity contribution in [2.75, 3.05) is 0 Å². The molecule has 0 aromatic carbocycles. The van der Waals surface area contributed by atoms with Gasteiger partial charge in [0.1, 0.15) is 5.76 Å². The van der Waals surface area contributed by atoms with Crippen LogP contribution in [0, 0.1) is 0 Å². The van der Waals surface area contributed by atoms with E-state index in [1.54, 1.807) is 6.26 Å². The summed E-state index contributed by atoms with van der Waals surface area (Å²) in [4.78, 5) is 0. The second-order valence-electron chi connectivity index (χ2n) is 3.93. The number of hydrogen-bond acceptors (Lipinski definition) is 4. The zero-order chi connectivity index (χ0) is 12.0. The second-order valence-corrected chi connectivity index (χ2v) is 3.93. The Hall–Kier alpha value is -1.49. The Balaban J connectivity index is 2.28. The first-order chi connectivity index (χ1) is 7.63. The van der Waals surface area contributed by atoms with Gasteiger partial charge in [0.25, 0.3) is 0 Å². The van der Waals surface area contributed by atoms with Crippen molar-refractivity contribution in [3.63, 3.8) is 0 Å². The number of hydrogen-bond donors (Lipinski definition) is 3. The fraction of sp³-hybridized carbons (Fsp3) is 0.545. The molecule has 2 atom stereocenters. The summed E-state index contributed by atoms with van der Waals surface area (Å²) in [6, 6.07) is 3.99. The van der Waals surface area contributed by atoms with E-state index in [9.17, 15) is 0 Å². The first-order valence-corrected chi connectivity index (χ1v) is 5.39. The first-order valence-electron chi connectivity index (χ1n) is 5.39. The fourth-order valence-electron chi connectivity index (χ4n) is 1.50. The van der Waals surface area contributed by atoms with E-state index in [0.717, 1.165) is 18.6 Å². The molecule has 0 aliphatic heterocycles. The minimum absolute atomic E-state index is 0.128. The van der Waals surface area contributed by atoms with Gasteiger partial charge in [0, 0.05) is 12.5 Å². The van der Waals surface area contributed by atoms with Crippen molar-refractivity contribution >= 4 is 5.84 Å². The third-order valence-corrected chi connectivity index (χ3v) is 2.50. The molecule has 16 heavy (non-hydrogen) atoms. The lowest BCUT2D eigenvalue weighted by molar-refractivity contribution is 0.314. The topological polar surface area (TPSA) is 83.8 Å². The fourth-order valence-corrected chi connectivity index (χ4v) is 1.50. The van der Waals surface area contributed by atoms with E-state index in [-0.39, 0.29) is 17.9 Å². The predicted octanol–water partition coefficient (Wildman–Crippen LogP) is 1.33. The van der Waals surface area contributed by atoms with Crippen LogP contribution in [0.15, 0.2) is 28.0 Å². The predicted molar refractivity (Wildman–Crippen MR) is 62.5 cm³/mol. The van der Waals surface area contributed by atoms with Crippen molar-refractivity contribution in [3.8, 4) is 0 Å². The summed E-state index contributed by atoms with van der Waals surface area (Å²) in [5.74, 6) is 1.18. The molecule has 0 fully saturated rings. The van der Waals surface area contributed by atoms with Crippen molar-refractivity contribution in [2.45, 2.75) is 38.8 Å². The molecule has 0 saturated carbocycles. The van der Waals surface area contributed by atoms with Gasteiger partial charge in [-0.3, -0.25) is 0 Å². The Kier molecular flexibility index (Phi) is 4.85. The van der Waals surface area contributed by atoms with Gasteiger partial charge < -0.3 is 20.7 Å². The highest BCUT2D eigenvalue weighted by Crippen LogP contribution is 2.06. The van der Waals surface area contributed by atoms with Gasteiger partial charge in [0.15, 0.2) is 5.84 Å². The molecule has 1 rings (SSSR count). The number of nitrogens with two attached hydrogens (primary N) is 1. The Bertz CT molecular complexity index is 322. The summed E-state index contributed by atoms with van der Waals surface area (Å²) in [5.41, 5.74) is 5.47. The standard InChI is InChI=1S/C11H19N3O2/c1-8(13-9(2)11(12)14-15)5-6-10-4-3-7-16-10/h3-4,7-9,13,15H,5-6H2,1-2H3,(H2,12,14). The maximum atomic E-state index is 8.51. The molecular weight excluding hydrogens is 206 g/mol. The van der Waals surface area contributed by atoms with E-state index in [2.05, 4.69) is 17.4 Å². The van der Waals surface area contributed by atoms with Gasteiger partial charge in [-0.05, 0) is 32.4 Å². The Morgan fingerprint density at radius 3 is 2.94 bits per heavy atom. The lowest BCUT2D eigenvalue weighted by atomic mass is 10.1. The van der Waals surface area contributed by atoms with Crippen LogP contribution >= 0.6 is 0 Å². The molecule has 1 aromatic rings. The molecule has 5 heteroatoms. The first kappa shape index (κ1) is 12.6. The Labute approximate surface area is 95.3 Å². The van der Waals surface area contributed by atoms with Crippen LogP contribution in [0.1, 0.15) is 26.0 Å². The lowest BCUT2D eigenvalue weighted by Crippen LogP contribution is -2.43. The molecule has 0 spiro atoms. The van der Waals surface area contributed by atoms with Crippen LogP contribution in [0.2, 0.25) is 0 Å². The minimum Gasteiger partial charge on any atom is -0.469 e. The van der Waals surface area contributed by atoms with E-state index >= 15 is 0 Å². The van der Waals surface area contributed by atoms with Gasteiger partial charge in [0.05, 0.1) is 12.3 Å². The summed E-state index contributed by atoms with van der Waals surface area (Å²) < 4.78 is 5.24. The molecule has 0 aliphatic rings. The highest BCUT2D eigenvalue weighted by Gasteiger charge is 2.11. The van der Waals surface area contributed by atoms with E-state index in [1.807, 2.05) is 19.1 Å². The highest BCUT2D eigenvalue weighted by atomic mass is 16.4. The zero-order valence-corrected chi connectivity index (χ0v) is 9.68. The molecule has 0 bridgehead atoms. The number of oxime groups is 1. The summed E-state index contributed by atoms with van der Waals surface area (Å²) in [6.07, 6.45) is 3.49. The van der Waals surface area contributed by atoms with Crippen LogP contribution < -0.4 is 11.1 Å². The van der Waals surface area contributed by atoms with E-state index < -0.39 is 0 Å². The number of furan rings is 1. The maximum Gasteiger partial charge on any atom is 0.156 e. The number of aryl methyl sites for hydroxylation is 1. The van der Waals surface area contributed by atoms with Gasteiger partial charge in [-0.15, -0.1) is 0 Å². The molecule has 4 N–H and O–H groups in total. The minimum atomic E-state index is -0.128. The summed E-state index contributed by atoms with van der Waals surface area (Å²) >= 11 is 0. The molecule has 0 aliphatic carbocycles. The highest BCUT2D eigenvalue weighted by molar-refractivity contribution is 5.84. The largest absolute Gasteiger partial charge is 0.469 e. The van der Waals surface area contributed by atoms with Gasteiger partial charge in [-0.25, -0.2) is 0 Å². The molecule has 1 heterocycles. The average molecular weight is 225 g/mol. The molecule has 1 aromatic heterocycles. The van der Waals surface area contributed by atoms with Crippen LogP contribution in [0.25, 0.3) is 0 Å². The number of amidine groups is 1. The SMILES string of the molecule is CC(CCc1ccco1)NC(C)C(N)=NO. The monoisotopic (exact) mass is 225 g/mol. The normalized spacial score (nSPS) is 16.0. The van der Waals surface area contributed by atoms with Gasteiger partial charge >= 0.3 is 0 Å². The summed E-state index contributed by atoms with van der Waals surface area (Å²) in [7, 11) is 0. The second kappa shape index (κ2) is 6.17. The molecule has 0 radical (unpaired) electrons. The quantitative estimate of drug-likeness (QED) is 0.295. The van der Waals surface area contributed by atoms with Crippen molar-refractivity contribution in [1.29, 1.82) is 0 Å². The number of nitrogens with one attached hydrogen (secondary N) is 1. The molecule has 5 nitrogen and oxygen atoms in total. The Morgan fingerprint density at radius 2 is 2.38 bits per heavy atom. The molecule has 90 valence electrons. The van der Waals surface area contributed by atoms with Crippen LogP contribution in [0.3, 0.4) is 0 Å². The van der Waals surface area contributed by atoms with Crippen molar-refractivity contribution in [3.05, 3.63) is 24.2 Å². The van der Waals surface area contributed by atoms with Crippen LogP contribution in [-0.2, 0) is 6.42 Å². The van der Waals surface area contributed by atoms with Gasteiger partial charge in [-0.1, -0.05) is 5.16 Å². The van der Waals surface area contributed by atoms with Crippen molar-refractivity contribution in [2.24, 2.45) is 10.9 Å². The third kappa shape index (κ3) is 3.94. The zero-order valence-electron chi connectivity index (χ0n) is 9.68. The number of rotatable bonds is 6. The smallest absolute Gasteiger partial charge is 0.156 e. The molecule has 2 unspecified atom stereocenters. The van der Waals surface area contributed by atoms with Crippen molar-refractivity contribution < 1.29 is 9.62 Å². The van der Waals surface area contributed by atoms with Crippen LogP contribution in [0.5, 0.6) is 0 Å². The summed E-state index contributed by atoms with van der Waals surface area (Å²) in [5, 5.41) is 14.7. The van der Waals surface area contributed by atoms with Crippen LogP contribution in [-0.4, -0.2) is 23.1 Å². The van der Waals surface area contributed by atoms with E-state index in [0.29, 0.717) is 0 Å². The lowest BCUT2D eigenvalue weighted by Gasteiger charge is -2.18. The Morgan fingerprint density at radius 1 is 1.62 bits per heavy atom. The van der Waals surface area contributed by atoms with E-state index in [4.69, 9.17) is 15.4 Å². The molecule has 0 amide bonds. The third-order valence-electron chi connectivity index (χ3n) is 2.50. The molecule has 0 saturated heterocycles.